The standard InChI is InChI=1S/C9H13ClN2O2/c1-6-5-7(12-8(10)11-6)13-14-9(2,3)4/h5H,1-4H3. The van der Waals surface area contributed by atoms with Gasteiger partial charge in [-0.15, -0.1) is 0 Å². The Morgan fingerprint density at radius 2 is 1.93 bits per heavy atom. The van der Waals surface area contributed by atoms with Gasteiger partial charge in [-0.25, -0.2) is 4.98 Å². The third-order valence-corrected chi connectivity index (χ3v) is 1.35. The van der Waals surface area contributed by atoms with E-state index in [2.05, 4.69) is 9.97 Å². The molecule has 0 saturated heterocycles. The third-order valence-electron chi connectivity index (χ3n) is 1.18. The first-order valence-electron chi connectivity index (χ1n) is 4.24. The first kappa shape index (κ1) is 11.2. The van der Waals surface area contributed by atoms with Crippen LogP contribution in [0.2, 0.25) is 5.28 Å². The van der Waals surface area contributed by atoms with Crippen LogP contribution in [0.25, 0.3) is 0 Å². The molecule has 0 amide bonds. The summed E-state index contributed by atoms with van der Waals surface area (Å²) in [6.07, 6.45) is 0. The quantitative estimate of drug-likeness (QED) is 0.433. The Morgan fingerprint density at radius 1 is 1.29 bits per heavy atom. The molecular formula is C9H13ClN2O2. The Morgan fingerprint density at radius 3 is 2.43 bits per heavy atom. The van der Waals surface area contributed by atoms with Gasteiger partial charge in [-0.2, -0.15) is 9.87 Å². The Balaban J connectivity index is 2.68. The normalized spacial score (nSPS) is 11.5. The second-order valence-electron chi connectivity index (χ2n) is 3.90. The van der Waals surface area contributed by atoms with Crippen molar-refractivity contribution in [3.05, 3.63) is 17.0 Å². The van der Waals surface area contributed by atoms with Gasteiger partial charge in [0.2, 0.25) is 5.28 Å². The van der Waals surface area contributed by atoms with Crippen molar-refractivity contribution in [2.24, 2.45) is 0 Å². The van der Waals surface area contributed by atoms with Crippen LogP contribution in [0.5, 0.6) is 5.88 Å². The molecule has 1 aromatic heterocycles. The lowest BCUT2D eigenvalue weighted by Gasteiger charge is -2.17. The van der Waals surface area contributed by atoms with Crippen molar-refractivity contribution in [2.75, 3.05) is 0 Å². The van der Waals surface area contributed by atoms with Crippen LogP contribution >= 0.6 is 11.6 Å². The SMILES string of the molecule is Cc1cc(OOC(C)(C)C)nc(Cl)n1. The lowest BCUT2D eigenvalue weighted by molar-refractivity contribution is -0.277. The zero-order chi connectivity index (χ0) is 10.8. The van der Waals surface area contributed by atoms with Gasteiger partial charge >= 0.3 is 0 Å². The average Bonchev–Trinajstić information content (AvgIpc) is 1.97. The minimum absolute atomic E-state index is 0.150. The van der Waals surface area contributed by atoms with Crippen LogP contribution in [0, 0.1) is 6.92 Å². The van der Waals surface area contributed by atoms with Gasteiger partial charge in [0.15, 0.2) is 0 Å². The van der Waals surface area contributed by atoms with E-state index in [1.807, 2.05) is 20.8 Å². The smallest absolute Gasteiger partial charge is 0.260 e. The van der Waals surface area contributed by atoms with E-state index in [4.69, 9.17) is 21.4 Å². The van der Waals surface area contributed by atoms with E-state index in [9.17, 15) is 0 Å². The Hall–Kier alpha value is -0.870. The average molecular weight is 217 g/mol. The van der Waals surface area contributed by atoms with Gasteiger partial charge in [0.25, 0.3) is 5.88 Å². The predicted molar refractivity (Wildman–Crippen MR) is 53.2 cm³/mol. The maximum atomic E-state index is 5.64. The van der Waals surface area contributed by atoms with Gasteiger partial charge in [-0.05, 0) is 39.3 Å². The molecule has 1 heterocycles. The van der Waals surface area contributed by atoms with Crippen molar-refractivity contribution in [2.45, 2.75) is 33.3 Å². The summed E-state index contributed by atoms with van der Waals surface area (Å²) in [6.45, 7) is 7.44. The van der Waals surface area contributed by atoms with E-state index in [0.29, 0.717) is 5.88 Å². The number of rotatable bonds is 2. The van der Waals surface area contributed by atoms with Crippen LogP contribution in [0.15, 0.2) is 6.07 Å². The fourth-order valence-corrected chi connectivity index (χ4v) is 0.932. The van der Waals surface area contributed by atoms with E-state index in [1.54, 1.807) is 13.0 Å². The molecule has 0 aromatic carbocycles. The van der Waals surface area contributed by atoms with Gasteiger partial charge in [-0.1, -0.05) is 0 Å². The van der Waals surface area contributed by atoms with Crippen molar-refractivity contribution in [1.29, 1.82) is 0 Å². The van der Waals surface area contributed by atoms with Crippen LogP contribution in [-0.4, -0.2) is 15.6 Å². The molecule has 1 aromatic rings. The molecule has 1 rings (SSSR count). The van der Waals surface area contributed by atoms with E-state index in [-0.39, 0.29) is 10.9 Å². The van der Waals surface area contributed by atoms with Crippen molar-refractivity contribution < 1.29 is 9.78 Å². The highest BCUT2D eigenvalue weighted by molar-refractivity contribution is 6.28. The van der Waals surface area contributed by atoms with Crippen LogP contribution in [-0.2, 0) is 4.89 Å². The zero-order valence-corrected chi connectivity index (χ0v) is 9.42. The zero-order valence-electron chi connectivity index (χ0n) is 8.67. The predicted octanol–water partition coefficient (Wildman–Crippen LogP) is 2.55. The van der Waals surface area contributed by atoms with E-state index in [1.165, 1.54) is 0 Å². The minimum Gasteiger partial charge on any atom is -0.316 e. The highest BCUT2D eigenvalue weighted by atomic mass is 35.5. The molecule has 0 saturated carbocycles. The van der Waals surface area contributed by atoms with Crippen LogP contribution < -0.4 is 4.89 Å². The molecule has 4 nitrogen and oxygen atoms in total. The lowest BCUT2D eigenvalue weighted by atomic mass is 10.2. The Kier molecular flexibility index (Phi) is 3.29. The summed E-state index contributed by atoms with van der Waals surface area (Å²) in [5.41, 5.74) is 0.350. The molecule has 78 valence electrons. The summed E-state index contributed by atoms with van der Waals surface area (Å²) < 4.78 is 0. The first-order valence-corrected chi connectivity index (χ1v) is 4.61. The molecule has 5 heteroatoms. The van der Waals surface area contributed by atoms with Gasteiger partial charge < -0.3 is 4.89 Å². The molecule has 0 fully saturated rings. The fourth-order valence-electron chi connectivity index (χ4n) is 0.715. The number of hydrogen-bond acceptors (Lipinski definition) is 4. The second-order valence-corrected chi connectivity index (χ2v) is 4.23. The topological polar surface area (TPSA) is 44.2 Å². The Bertz CT molecular complexity index is 303. The molecule has 0 aliphatic heterocycles. The maximum Gasteiger partial charge on any atom is 0.260 e. The van der Waals surface area contributed by atoms with Crippen molar-refractivity contribution in [3.63, 3.8) is 0 Å². The summed E-state index contributed by atoms with van der Waals surface area (Å²) >= 11 is 5.64. The first-order chi connectivity index (χ1) is 6.37. The highest BCUT2D eigenvalue weighted by Crippen LogP contribution is 2.15. The molecule has 0 unspecified atom stereocenters. The minimum atomic E-state index is -0.384. The van der Waals surface area contributed by atoms with Crippen molar-refractivity contribution in [1.82, 2.24) is 9.97 Å². The van der Waals surface area contributed by atoms with Gasteiger partial charge in [0, 0.05) is 11.8 Å². The maximum absolute atomic E-state index is 5.64. The molecule has 0 aliphatic rings. The largest absolute Gasteiger partial charge is 0.316 e. The van der Waals surface area contributed by atoms with Gasteiger partial charge in [0.05, 0.1) is 0 Å². The fraction of sp³-hybridized carbons (Fsp3) is 0.556. The summed E-state index contributed by atoms with van der Waals surface area (Å²) in [6, 6.07) is 1.65. The van der Waals surface area contributed by atoms with E-state index in [0.717, 1.165) is 5.69 Å². The molecule has 0 atom stereocenters. The van der Waals surface area contributed by atoms with E-state index < -0.39 is 0 Å². The number of aromatic nitrogens is 2. The molecule has 0 N–H and O–H groups in total. The number of nitrogens with zero attached hydrogens (tertiary/aromatic N) is 2. The molecule has 0 bridgehead atoms. The van der Waals surface area contributed by atoms with Crippen LogP contribution in [0.3, 0.4) is 0 Å². The number of hydrogen-bond donors (Lipinski definition) is 0. The summed E-state index contributed by atoms with van der Waals surface area (Å²) in [5.74, 6) is 0.317. The summed E-state index contributed by atoms with van der Waals surface area (Å²) in [7, 11) is 0. The van der Waals surface area contributed by atoms with Gasteiger partial charge in [-0.3, -0.25) is 0 Å². The second kappa shape index (κ2) is 4.11. The molecule has 0 radical (unpaired) electrons. The van der Waals surface area contributed by atoms with Crippen molar-refractivity contribution >= 4 is 11.6 Å². The van der Waals surface area contributed by atoms with E-state index >= 15 is 0 Å². The third kappa shape index (κ3) is 3.89. The number of aryl methyl sites for hydroxylation is 1. The molecule has 0 aliphatic carbocycles. The lowest BCUT2D eigenvalue weighted by Crippen LogP contribution is -2.21. The molecular weight excluding hydrogens is 204 g/mol. The summed E-state index contributed by atoms with van der Waals surface area (Å²) in [4.78, 5) is 17.8. The van der Waals surface area contributed by atoms with Gasteiger partial charge in [0.1, 0.15) is 5.60 Å². The van der Waals surface area contributed by atoms with Crippen molar-refractivity contribution in [3.8, 4) is 5.88 Å². The summed E-state index contributed by atoms with van der Waals surface area (Å²) in [5, 5.41) is 0.150. The molecule has 14 heavy (non-hydrogen) atoms. The number of halogens is 1. The molecule has 0 spiro atoms. The van der Waals surface area contributed by atoms with Crippen LogP contribution in [0.1, 0.15) is 26.5 Å². The Labute approximate surface area is 88.2 Å². The monoisotopic (exact) mass is 216 g/mol. The van der Waals surface area contributed by atoms with Crippen LogP contribution in [0.4, 0.5) is 0 Å². The highest BCUT2D eigenvalue weighted by Gasteiger charge is 2.13.